The Morgan fingerprint density at radius 1 is 1.24 bits per heavy atom. The fourth-order valence-corrected chi connectivity index (χ4v) is 4.68. The van der Waals surface area contributed by atoms with Crippen LogP contribution in [0.15, 0.2) is 42.7 Å². The number of halogens is 2. The van der Waals surface area contributed by atoms with E-state index in [2.05, 4.69) is 37.0 Å². The average molecular weight is 467 g/mol. The molecule has 0 unspecified atom stereocenters. The average Bonchev–Trinajstić information content (AvgIpc) is 3.48. The molecule has 2 aromatic heterocycles. The lowest BCUT2D eigenvalue weighted by Crippen LogP contribution is -2.37. The third kappa shape index (κ3) is 3.76. The second-order valence-electron chi connectivity index (χ2n) is 8.15. The third-order valence-electron chi connectivity index (χ3n) is 6.21. The molecule has 1 amide bonds. The SMILES string of the molecule is CCc1cccc(CC)c1-n1cc2c(n1)CCN(C(=O)Oc1cc(F)c(Cl)c3[nH]ccc13)C2. The number of aryl methyl sites for hydroxylation is 2. The zero-order chi connectivity index (χ0) is 23.1. The Morgan fingerprint density at radius 2 is 2.00 bits per heavy atom. The number of hydrogen-bond donors (Lipinski definition) is 1. The van der Waals surface area contributed by atoms with E-state index in [-0.39, 0.29) is 10.8 Å². The van der Waals surface area contributed by atoms with Crippen molar-refractivity contribution >= 4 is 28.6 Å². The van der Waals surface area contributed by atoms with Crippen molar-refractivity contribution in [1.82, 2.24) is 19.7 Å². The lowest BCUT2D eigenvalue weighted by atomic mass is 10.0. The first-order valence-corrected chi connectivity index (χ1v) is 11.5. The molecular formula is C25H24ClFN4O2. The second-order valence-corrected chi connectivity index (χ2v) is 8.53. The smallest absolute Gasteiger partial charge is 0.409 e. The Labute approximate surface area is 195 Å². The Morgan fingerprint density at radius 3 is 2.73 bits per heavy atom. The molecule has 0 bridgehead atoms. The molecule has 0 fully saturated rings. The molecule has 8 heteroatoms. The molecule has 0 spiro atoms. The lowest BCUT2D eigenvalue weighted by molar-refractivity contribution is 0.147. The van der Waals surface area contributed by atoms with Crippen LogP contribution < -0.4 is 4.74 Å². The molecule has 5 rings (SSSR count). The Hall–Kier alpha value is -3.32. The number of carbonyl (C=O) groups excluding carboxylic acids is 1. The molecule has 33 heavy (non-hydrogen) atoms. The van der Waals surface area contributed by atoms with Gasteiger partial charge in [0.15, 0.2) is 0 Å². The van der Waals surface area contributed by atoms with Gasteiger partial charge in [0, 0.05) is 42.4 Å². The van der Waals surface area contributed by atoms with Crippen LogP contribution in [-0.2, 0) is 25.8 Å². The summed E-state index contributed by atoms with van der Waals surface area (Å²) in [6, 6.07) is 9.21. The number of para-hydroxylation sites is 1. The van der Waals surface area contributed by atoms with Gasteiger partial charge in [0.1, 0.15) is 16.6 Å². The normalized spacial score (nSPS) is 13.4. The van der Waals surface area contributed by atoms with Crippen molar-refractivity contribution in [3.05, 3.63) is 75.9 Å². The number of aromatic nitrogens is 3. The van der Waals surface area contributed by atoms with E-state index in [1.54, 1.807) is 17.2 Å². The number of fused-ring (bicyclic) bond motifs is 2. The number of carbonyl (C=O) groups is 1. The number of nitrogens with one attached hydrogen (secondary N) is 1. The molecule has 0 radical (unpaired) electrons. The van der Waals surface area contributed by atoms with Gasteiger partial charge in [-0.1, -0.05) is 43.6 Å². The molecule has 0 saturated heterocycles. The lowest BCUT2D eigenvalue weighted by Gasteiger charge is -2.25. The highest BCUT2D eigenvalue weighted by Gasteiger charge is 2.26. The Balaban J connectivity index is 1.40. The quantitative estimate of drug-likeness (QED) is 0.411. The van der Waals surface area contributed by atoms with Crippen molar-refractivity contribution in [3.8, 4) is 11.4 Å². The molecule has 2 aromatic carbocycles. The van der Waals surface area contributed by atoms with E-state index in [4.69, 9.17) is 21.4 Å². The molecule has 170 valence electrons. The highest BCUT2D eigenvalue weighted by Crippen LogP contribution is 2.34. The third-order valence-corrected chi connectivity index (χ3v) is 6.58. The predicted molar refractivity (Wildman–Crippen MR) is 126 cm³/mol. The van der Waals surface area contributed by atoms with Crippen molar-refractivity contribution < 1.29 is 13.9 Å². The molecule has 3 heterocycles. The summed E-state index contributed by atoms with van der Waals surface area (Å²) in [5.41, 5.74) is 5.98. The van der Waals surface area contributed by atoms with E-state index in [0.717, 1.165) is 35.9 Å². The molecule has 6 nitrogen and oxygen atoms in total. The first-order valence-electron chi connectivity index (χ1n) is 11.1. The number of benzene rings is 2. The van der Waals surface area contributed by atoms with Gasteiger partial charge in [-0.25, -0.2) is 13.9 Å². The molecule has 1 aliphatic rings. The summed E-state index contributed by atoms with van der Waals surface area (Å²) in [4.78, 5) is 17.4. The number of hydrogen-bond acceptors (Lipinski definition) is 3. The molecule has 0 atom stereocenters. The van der Waals surface area contributed by atoms with Gasteiger partial charge >= 0.3 is 6.09 Å². The van der Waals surface area contributed by atoms with Crippen molar-refractivity contribution in [1.29, 1.82) is 0 Å². The van der Waals surface area contributed by atoms with Crippen LogP contribution in [-0.4, -0.2) is 32.3 Å². The minimum absolute atomic E-state index is 0.0244. The molecule has 0 aliphatic carbocycles. The predicted octanol–water partition coefficient (Wildman–Crippen LogP) is 5.83. The summed E-state index contributed by atoms with van der Waals surface area (Å²) in [6.07, 6.45) is 5.57. The van der Waals surface area contributed by atoms with Crippen molar-refractivity contribution in [2.75, 3.05) is 6.54 Å². The van der Waals surface area contributed by atoms with Gasteiger partial charge in [0.2, 0.25) is 0 Å². The molecule has 0 saturated carbocycles. The minimum Gasteiger partial charge on any atom is -0.409 e. The van der Waals surface area contributed by atoms with Gasteiger partial charge in [-0.3, -0.25) is 0 Å². The van der Waals surface area contributed by atoms with E-state index in [1.807, 2.05) is 10.9 Å². The topological polar surface area (TPSA) is 63.1 Å². The monoisotopic (exact) mass is 466 g/mol. The van der Waals surface area contributed by atoms with Crippen LogP contribution >= 0.6 is 11.6 Å². The maximum Gasteiger partial charge on any atom is 0.415 e. The van der Waals surface area contributed by atoms with Crippen LogP contribution in [0.25, 0.3) is 16.6 Å². The summed E-state index contributed by atoms with van der Waals surface area (Å²) >= 11 is 6.01. The second kappa shape index (κ2) is 8.56. The van der Waals surface area contributed by atoms with E-state index in [9.17, 15) is 9.18 Å². The number of ether oxygens (including phenoxy) is 1. The van der Waals surface area contributed by atoms with E-state index in [0.29, 0.717) is 30.4 Å². The summed E-state index contributed by atoms with van der Waals surface area (Å²) in [5.74, 6) is -0.498. The van der Waals surface area contributed by atoms with Crippen LogP contribution in [0.3, 0.4) is 0 Å². The molecule has 4 aromatic rings. The van der Waals surface area contributed by atoms with E-state index >= 15 is 0 Å². The maximum atomic E-state index is 14.2. The van der Waals surface area contributed by atoms with Crippen LogP contribution in [0, 0.1) is 5.82 Å². The van der Waals surface area contributed by atoms with Crippen LogP contribution in [0.2, 0.25) is 5.02 Å². The number of aromatic amines is 1. The highest BCUT2D eigenvalue weighted by molar-refractivity contribution is 6.35. The fourth-order valence-electron chi connectivity index (χ4n) is 4.47. The van der Waals surface area contributed by atoms with Crippen LogP contribution in [0.1, 0.15) is 36.2 Å². The van der Waals surface area contributed by atoms with Crippen LogP contribution in [0.5, 0.6) is 5.75 Å². The standard InChI is InChI=1S/C25H24ClFN4O2/c1-3-15-6-5-7-16(4-2)24(15)31-14-17-13-30(11-9-20(17)29-31)25(32)33-21-12-19(27)22(26)23-18(21)8-10-28-23/h5-8,10,12,14,28H,3-4,9,11,13H2,1-2H3. The summed E-state index contributed by atoms with van der Waals surface area (Å²) < 4.78 is 21.7. The zero-order valence-electron chi connectivity index (χ0n) is 18.5. The number of amides is 1. The summed E-state index contributed by atoms with van der Waals surface area (Å²) in [5, 5.41) is 5.38. The Bertz CT molecular complexity index is 1340. The van der Waals surface area contributed by atoms with Crippen molar-refractivity contribution in [2.45, 2.75) is 39.7 Å². The van der Waals surface area contributed by atoms with Gasteiger partial charge in [-0.05, 0) is 30.0 Å². The Kier molecular flexibility index (Phi) is 5.58. The van der Waals surface area contributed by atoms with E-state index < -0.39 is 11.9 Å². The van der Waals surface area contributed by atoms with Crippen molar-refractivity contribution in [2.24, 2.45) is 0 Å². The number of rotatable bonds is 4. The first-order chi connectivity index (χ1) is 16.0. The van der Waals surface area contributed by atoms with Gasteiger partial charge in [-0.15, -0.1) is 0 Å². The van der Waals surface area contributed by atoms with Crippen molar-refractivity contribution in [3.63, 3.8) is 0 Å². The molecule has 1 aliphatic heterocycles. The highest BCUT2D eigenvalue weighted by atomic mass is 35.5. The molecular weight excluding hydrogens is 443 g/mol. The van der Waals surface area contributed by atoms with Gasteiger partial charge in [0.25, 0.3) is 0 Å². The summed E-state index contributed by atoms with van der Waals surface area (Å²) in [6.45, 7) is 5.14. The van der Waals surface area contributed by atoms with Gasteiger partial charge in [0.05, 0.1) is 23.4 Å². The maximum absolute atomic E-state index is 14.2. The fraction of sp³-hybridized carbons (Fsp3) is 0.280. The first kappa shape index (κ1) is 21.5. The largest absolute Gasteiger partial charge is 0.415 e. The van der Waals surface area contributed by atoms with E-state index in [1.165, 1.54) is 11.1 Å². The minimum atomic E-state index is -0.641. The summed E-state index contributed by atoms with van der Waals surface area (Å²) in [7, 11) is 0. The zero-order valence-corrected chi connectivity index (χ0v) is 19.2. The number of H-pyrrole nitrogens is 1. The van der Waals surface area contributed by atoms with Gasteiger partial charge in [-0.2, -0.15) is 5.10 Å². The number of nitrogens with zero attached hydrogens (tertiary/aromatic N) is 3. The van der Waals surface area contributed by atoms with Crippen LogP contribution in [0.4, 0.5) is 9.18 Å². The molecule has 1 N–H and O–H groups in total. The van der Waals surface area contributed by atoms with Gasteiger partial charge < -0.3 is 14.6 Å².